The Kier molecular flexibility index (Phi) is 5.12. The lowest BCUT2D eigenvalue weighted by atomic mass is 9.90. The van der Waals surface area contributed by atoms with Crippen molar-refractivity contribution in [2.45, 2.75) is 45.5 Å². The van der Waals surface area contributed by atoms with Crippen molar-refractivity contribution in [3.63, 3.8) is 0 Å². The number of hydrogen-bond acceptors (Lipinski definition) is 4. The Morgan fingerprint density at radius 1 is 1.56 bits per heavy atom. The number of aliphatic imine (C=N–C) groups is 1. The van der Waals surface area contributed by atoms with Crippen molar-refractivity contribution in [3.8, 4) is 0 Å². The molecule has 0 spiro atoms. The highest BCUT2D eigenvalue weighted by Gasteiger charge is 2.24. The average molecular weight is 244 g/mol. The number of amidine groups is 1. The predicted molar refractivity (Wildman–Crippen MR) is 72.2 cm³/mol. The van der Waals surface area contributed by atoms with Crippen LogP contribution in [0.3, 0.4) is 0 Å². The topological polar surface area (TPSA) is 33.6 Å². The van der Waals surface area contributed by atoms with E-state index < -0.39 is 0 Å². The molecule has 0 amide bonds. The van der Waals surface area contributed by atoms with E-state index in [2.05, 4.69) is 38.0 Å². The second kappa shape index (κ2) is 5.92. The first kappa shape index (κ1) is 13.8. The molecule has 0 radical (unpaired) electrons. The Morgan fingerprint density at radius 2 is 2.25 bits per heavy atom. The molecule has 1 N–H and O–H groups in total. The monoisotopic (exact) mass is 244 g/mol. The molecule has 0 fully saturated rings. The first-order chi connectivity index (χ1) is 7.40. The third kappa shape index (κ3) is 5.21. The average Bonchev–Trinajstić information content (AvgIpc) is 2.59. The van der Waals surface area contributed by atoms with Gasteiger partial charge in [0.2, 0.25) is 0 Å². The van der Waals surface area contributed by atoms with Crippen LogP contribution in [0.2, 0.25) is 0 Å². The summed E-state index contributed by atoms with van der Waals surface area (Å²) in [7, 11) is 1.73. The van der Waals surface area contributed by atoms with Crippen molar-refractivity contribution in [1.82, 2.24) is 5.32 Å². The summed E-state index contributed by atoms with van der Waals surface area (Å²) >= 11 is 1.87. The summed E-state index contributed by atoms with van der Waals surface area (Å²) in [5, 5.41) is 5.06. The quantitative estimate of drug-likeness (QED) is 0.825. The molecule has 0 aliphatic carbocycles. The van der Waals surface area contributed by atoms with Gasteiger partial charge in [-0.1, -0.05) is 32.5 Å². The van der Waals surface area contributed by atoms with Crippen LogP contribution in [-0.4, -0.2) is 36.7 Å². The van der Waals surface area contributed by atoms with Crippen molar-refractivity contribution < 1.29 is 4.74 Å². The number of nitrogens with zero attached hydrogens (tertiary/aromatic N) is 1. The minimum atomic E-state index is 0.241. The van der Waals surface area contributed by atoms with Crippen molar-refractivity contribution >= 4 is 16.9 Å². The third-order valence-corrected chi connectivity index (χ3v) is 3.65. The molecule has 1 aliphatic rings. The first-order valence-electron chi connectivity index (χ1n) is 5.88. The van der Waals surface area contributed by atoms with E-state index in [1.807, 2.05) is 11.8 Å². The molecule has 2 unspecified atom stereocenters. The largest absolute Gasteiger partial charge is 0.380 e. The molecule has 0 aromatic heterocycles. The SMILES string of the molecule is COC(C)CNC1=NCC(CC(C)(C)C)S1. The zero-order valence-electron chi connectivity index (χ0n) is 11.0. The molecule has 0 saturated carbocycles. The second-order valence-electron chi connectivity index (χ2n) is 5.58. The highest BCUT2D eigenvalue weighted by Crippen LogP contribution is 2.31. The van der Waals surface area contributed by atoms with Crippen LogP contribution < -0.4 is 5.32 Å². The number of rotatable bonds is 4. The van der Waals surface area contributed by atoms with Crippen LogP contribution in [0.4, 0.5) is 0 Å². The van der Waals surface area contributed by atoms with E-state index >= 15 is 0 Å². The van der Waals surface area contributed by atoms with Crippen LogP contribution >= 0.6 is 11.8 Å². The lowest BCUT2D eigenvalue weighted by molar-refractivity contribution is 0.121. The van der Waals surface area contributed by atoms with Gasteiger partial charge in [0, 0.05) is 18.9 Å². The fraction of sp³-hybridized carbons (Fsp3) is 0.917. The van der Waals surface area contributed by atoms with E-state index in [1.165, 1.54) is 6.42 Å². The van der Waals surface area contributed by atoms with Gasteiger partial charge in [0.05, 0.1) is 12.6 Å². The minimum Gasteiger partial charge on any atom is -0.380 e. The summed E-state index contributed by atoms with van der Waals surface area (Å²) < 4.78 is 5.19. The van der Waals surface area contributed by atoms with Gasteiger partial charge >= 0.3 is 0 Å². The van der Waals surface area contributed by atoms with Crippen LogP contribution in [0.1, 0.15) is 34.1 Å². The van der Waals surface area contributed by atoms with Gasteiger partial charge in [0.1, 0.15) is 0 Å². The Balaban J connectivity index is 2.24. The van der Waals surface area contributed by atoms with Crippen LogP contribution in [-0.2, 0) is 4.74 Å². The molecule has 1 aliphatic heterocycles. The maximum Gasteiger partial charge on any atom is 0.157 e. The zero-order chi connectivity index (χ0) is 12.2. The summed E-state index contributed by atoms with van der Waals surface area (Å²) in [6.45, 7) is 10.7. The smallest absolute Gasteiger partial charge is 0.157 e. The van der Waals surface area contributed by atoms with Gasteiger partial charge in [-0.2, -0.15) is 0 Å². The van der Waals surface area contributed by atoms with Crippen molar-refractivity contribution in [2.75, 3.05) is 20.2 Å². The van der Waals surface area contributed by atoms with E-state index in [1.54, 1.807) is 7.11 Å². The van der Waals surface area contributed by atoms with Crippen molar-refractivity contribution in [2.24, 2.45) is 10.4 Å². The third-order valence-electron chi connectivity index (χ3n) is 2.50. The minimum absolute atomic E-state index is 0.241. The molecule has 1 rings (SSSR count). The molecule has 94 valence electrons. The summed E-state index contributed by atoms with van der Waals surface area (Å²) in [4.78, 5) is 4.52. The fourth-order valence-electron chi connectivity index (χ4n) is 1.62. The van der Waals surface area contributed by atoms with E-state index in [0.717, 1.165) is 18.3 Å². The molecule has 0 aromatic rings. The molecule has 0 bridgehead atoms. The van der Waals surface area contributed by atoms with Crippen LogP contribution in [0.5, 0.6) is 0 Å². The maximum absolute atomic E-state index is 5.19. The predicted octanol–water partition coefficient (Wildman–Crippen LogP) is 2.52. The Labute approximate surface area is 103 Å². The molecule has 0 saturated heterocycles. The molecule has 3 nitrogen and oxygen atoms in total. The Morgan fingerprint density at radius 3 is 2.81 bits per heavy atom. The summed E-state index contributed by atoms with van der Waals surface area (Å²) in [5.41, 5.74) is 0.391. The lowest BCUT2D eigenvalue weighted by Crippen LogP contribution is -2.29. The first-order valence-corrected chi connectivity index (χ1v) is 6.76. The molecule has 0 aromatic carbocycles. The summed E-state index contributed by atoms with van der Waals surface area (Å²) in [6, 6.07) is 0. The van der Waals surface area contributed by atoms with Crippen molar-refractivity contribution in [3.05, 3.63) is 0 Å². The lowest BCUT2D eigenvalue weighted by Gasteiger charge is -2.21. The van der Waals surface area contributed by atoms with Crippen LogP contribution in [0, 0.1) is 5.41 Å². The number of hydrogen-bond donors (Lipinski definition) is 1. The number of thioether (sulfide) groups is 1. The van der Waals surface area contributed by atoms with Crippen molar-refractivity contribution in [1.29, 1.82) is 0 Å². The zero-order valence-corrected chi connectivity index (χ0v) is 11.9. The highest BCUT2D eigenvalue weighted by atomic mass is 32.2. The number of ether oxygens (including phenoxy) is 1. The van der Waals surface area contributed by atoms with Gasteiger partial charge in [-0.05, 0) is 18.8 Å². The maximum atomic E-state index is 5.19. The number of nitrogens with one attached hydrogen (secondary N) is 1. The Hall–Kier alpha value is -0.220. The molecular weight excluding hydrogens is 220 g/mol. The van der Waals surface area contributed by atoms with E-state index in [9.17, 15) is 0 Å². The van der Waals surface area contributed by atoms with E-state index in [0.29, 0.717) is 10.7 Å². The molecule has 16 heavy (non-hydrogen) atoms. The molecule has 2 atom stereocenters. The van der Waals surface area contributed by atoms with Gasteiger partial charge in [-0.15, -0.1) is 0 Å². The van der Waals surface area contributed by atoms with Gasteiger partial charge in [0.15, 0.2) is 5.17 Å². The highest BCUT2D eigenvalue weighted by molar-refractivity contribution is 8.14. The van der Waals surface area contributed by atoms with Gasteiger partial charge in [-0.25, -0.2) is 0 Å². The molecule has 4 heteroatoms. The van der Waals surface area contributed by atoms with Crippen LogP contribution in [0.15, 0.2) is 4.99 Å². The van der Waals surface area contributed by atoms with Crippen LogP contribution in [0.25, 0.3) is 0 Å². The normalized spacial score (nSPS) is 23.1. The van der Waals surface area contributed by atoms with Gasteiger partial charge < -0.3 is 10.1 Å². The summed E-state index contributed by atoms with van der Waals surface area (Å²) in [5.74, 6) is 0. The number of methoxy groups -OCH3 is 1. The standard InChI is InChI=1S/C12H24N2OS/c1-9(15-5)7-13-11-14-8-10(16-11)6-12(2,3)4/h9-10H,6-8H2,1-5H3,(H,13,14). The summed E-state index contributed by atoms with van der Waals surface area (Å²) in [6.07, 6.45) is 1.46. The fourth-order valence-corrected chi connectivity index (χ4v) is 2.98. The van der Waals surface area contributed by atoms with Gasteiger partial charge in [-0.3, -0.25) is 4.99 Å². The molecule has 1 heterocycles. The second-order valence-corrected chi connectivity index (χ2v) is 6.87. The van der Waals surface area contributed by atoms with Gasteiger partial charge in [0.25, 0.3) is 0 Å². The molecular formula is C12H24N2OS. The van der Waals surface area contributed by atoms with E-state index in [-0.39, 0.29) is 6.10 Å². The van der Waals surface area contributed by atoms with E-state index in [4.69, 9.17) is 4.74 Å². The Bertz CT molecular complexity index is 248.